The number of carbonyl (C=O) groups is 1. The van der Waals surface area contributed by atoms with Crippen molar-refractivity contribution in [2.24, 2.45) is 10.9 Å². The molecule has 6 nitrogen and oxygen atoms in total. The maximum absolute atomic E-state index is 12.3. The van der Waals surface area contributed by atoms with E-state index in [1.165, 1.54) is 11.3 Å². The third-order valence-corrected chi connectivity index (χ3v) is 4.26. The molecule has 0 aliphatic carbocycles. The highest BCUT2D eigenvalue weighted by molar-refractivity contribution is 9.10. The zero-order valence-corrected chi connectivity index (χ0v) is 12.9. The van der Waals surface area contributed by atoms with E-state index in [9.17, 15) is 4.79 Å². The minimum absolute atomic E-state index is 0.0929. The first-order valence-electron chi connectivity index (χ1n) is 5.57. The molecule has 0 saturated carbocycles. The Bertz CT molecular complexity index is 450. The summed E-state index contributed by atoms with van der Waals surface area (Å²) >= 11 is 4.71. The zero-order chi connectivity index (χ0) is 14.3. The van der Waals surface area contributed by atoms with Crippen molar-refractivity contribution in [3.05, 3.63) is 20.8 Å². The maximum Gasteiger partial charge on any atom is 0.265 e. The number of hydrogen-bond acceptors (Lipinski definition) is 5. The van der Waals surface area contributed by atoms with Crippen molar-refractivity contribution in [1.29, 1.82) is 0 Å². The summed E-state index contributed by atoms with van der Waals surface area (Å²) in [5.41, 5.74) is 5.42. The van der Waals surface area contributed by atoms with Crippen LogP contribution in [0.3, 0.4) is 0 Å². The van der Waals surface area contributed by atoms with Crippen LogP contribution in [0.4, 0.5) is 0 Å². The number of amidine groups is 1. The molecule has 0 saturated heterocycles. The van der Waals surface area contributed by atoms with Crippen LogP contribution < -0.4 is 5.73 Å². The number of carbonyl (C=O) groups excluding carboxylic acids is 1. The second kappa shape index (κ2) is 8.13. The Morgan fingerprint density at radius 1 is 1.63 bits per heavy atom. The van der Waals surface area contributed by atoms with Crippen LogP contribution in [-0.2, 0) is 4.74 Å². The molecule has 0 aliphatic heterocycles. The molecule has 8 heteroatoms. The van der Waals surface area contributed by atoms with Crippen molar-refractivity contribution in [2.45, 2.75) is 6.42 Å². The third kappa shape index (κ3) is 4.81. The largest absolute Gasteiger partial charge is 0.409 e. The van der Waals surface area contributed by atoms with Crippen molar-refractivity contribution < 1.29 is 14.7 Å². The second-order valence-electron chi connectivity index (χ2n) is 3.72. The summed E-state index contributed by atoms with van der Waals surface area (Å²) in [6.07, 6.45) is 0.314. The molecule has 1 heterocycles. The molecule has 19 heavy (non-hydrogen) atoms. The minimum Gasteiger partial charge on any atom is -0.409 e. The van der Waals surface area contributed by atoms with Crippen LogP contribution in [0.25, 0.3) is 0 Å². The summed E-state index contributed by atoms with van der Waals surface area (Å²) in [7, 11) is 1.58. The van der Waals surface area contributed by atoms with Gasteiger partial charge in [0, 0.05) is 31.1 Å². The van der Waals surface area contributed by atoms with Gasteiger partial charge in [-0.3, -0.25) is 4.79 Å². The fraction of sp³-hybridized carbons (Fsp3) is 0.455. The SMILES string of the molecule is COCCN(CCC(N)=NO)C(=O)c1sccc1Br. The van der Waals surface area contributed by atoms with E-state index in [0.29, 0.717) is 31.0 Å². The molecule has 0 atom stereocenters. The van der Waals surface area contributed by atoms with Gasteiger partial charge in [-0.15, -0.1) is 11.3 Å². The summed E-state index contributed by atoms with van der Waals surface area (Å²) in [4.78, 5) is 14.6. The molecule has 1 amide bonds. The van der Waals surface area contributed by atoms with E-state index in [2.05, 4.69) is 21.1 Å². The van der Waals surface area contributed by atoms with Gasteiger partial charge in [-0.05, 0) is 27.4 Å². The lowest BCUT2D eigenvalue weighted by atomic mass is 10.3. The number of oxime groups is 1. The predicted octanol–water partition coefficient (Wildman–Crippen LogP) is 1.74. The molecule has 1 aromatic rings. The Balaban J connectivity index is 2.73. The number of thiophene rings is 1. The first kappa shape index (κ1) is 15.9. The van der Waals surface area contributed by atoms with Crippen LogP contribution in [-0.4, -0.2) is 48.7 Å². The van der Waals surface area contributed by atoms with Crippen LogP contribution in [0, 0.1) is 0 Å². The molecule has 0 radical (unpaired) electrons. The van der Waals surface area contributed by atoms with Gasteiger partial charge in [-0.2, -0.15) is 0 Å². The van der Waals surface area contributed by atoms with Crippen molar-refractivity contribution in [3.63, 3.8) is 0 Å². The van der Waals surface area contributed by atoms with Crippen LogP contribution in [0.1, 0.15) is 16.1 Å². The highest BCUT2D eigenvalue weighted by atomic mass is 79.9. The van der Waals surface area contributed by atoms with E-state index >= 15 is 0 Å². The van der Waals surface area contributed by atoms with Crippen LogP contribution >= 0.6 is 27.3 Å². The van der Waals surface area contributed by atoms with Crippen molar-refractivity contribution in [3.8, 4) is 0 Å². The molecule has 0 aromatic carbocycles. The maximum atomic E-state index is 12.3. The van der Waals surface area contributed by atoms with Gasteiger partial charge in [0.2, 0.25) is 0 Å². The zero-order valence-electron chi connectivity index (χ0n) is 10.5. The number of halogens is 1. The average molecular weight is 350 g/mol. The lowest BCUT2D eigenvalue weighted by molar-refractivity contribution is 0.0704. The number of ether oxygens (including phenoxy) is 1. The summed E-state index contributed by atoms with van der Waals surface area (Å²) in [6.45, 7) is 1.27. The Morgan fingerprint density at radius 2 is 2.37 bits per heavy atom. The van der Waals surface area contributed by atoms with Gasteiger partial charge >= 0.3 is 0 Å². The molecule has 0 fully saturated rings. The lowest BCUT2D eigenvalue weighted by Gasteiger charge is -2.21. The summed E-state index contributed by atoms with van der Waals surface area (Å²) in [6, 6.07) is 1.83. The Morgan fingerprint density at radius 3 is 2.89 bits per heavy atom. The number of methoxy groups -OCH3 is 1. The normalized spacial score (nSPS) is 11.6. The molecule has 3 N–H and O–H groups in total. The second-order valence-corrected chi connectivity index (χ2v) is 5.49. The molecular weight excluding hydrogens is 334 g/mol. The molecule has 0 aliphatic rings. The number of nitrogens with zero attached hydrogens (tertiary/aromatic N) is 2. The Hall–Kier alpha value is -1.12. The summed E-state index contributed by atoms with van der Waals surface area (Å²) in [5, 5.41) is 13.3. The van der Waals surface area contributed by atoms with Crippen molar-refractivity contribution >= 4 is 39.0 Å². The van der Waals surface area contributed by atoms with Crippen LogP contribution in [0.5, 0.6) is 0 Å². The molecule has 0 unspecified atom stereocenters. The average Bonchev–Trinajstić information content (AvgIpc) is 2.84. The molecular formula is C11H16BrN3O3S. The number of hydrogen-bond donors (Lipinski definition) is 2. The van der Waals surface area contributed by atoms with Gasteiger partial charge in [0.15, 0.2) is 0 Å². The highest BCUT2D eigenvalue weighted by Crippen LogP contribution is 2.24. The highest BCUT2D eigenvalue weighted by Gasteiger charge is 2.19. The van der Waals surface area contributed by atoms with Crippen molar-refractivity contribution in [1.82, 2.24) is 4.90 Å². The van der Waals surface area contributed by atoms with E-state index in [1.807, 2.05) is 11.4 Å². The van der Waals surface area contributed by atoms with E-state index in [0.717, 1.165) is 4.47 Å². The summed E-state index contributed by atoms with van der Waals surface area (Å²) in [5.74, 6) is 0.00475. The number of amides is 1. The fourth-order valence-electron chi connectivity index (χ4n) is 1.41. The fourth-order valence-corrected chi connectivity index (χ4v) is 2.91. The predicted molar refractivity (Wildman–Crippen MR) is 77.8 cm³/mol. The van der Waals surface area contributed by atoms with E-state index in [1.54, 1.807) is 12.0 Å². The number of nitrogens with two attached hydrogens (primary N) is 1. The Kier molecular flexibility index (Phi) is 6.82. The summed E-state index contributed by atoms with van der Waals surface area (Å²) < 4.78 is 5.76. The molecule has 0 spiro atoms. The molecule has 1 aromatic heterocycles. The van der Waals surface area contributed by atoms with Crippen LogP contribution in [0.2, 0.25) is 0 Å². The topological polar surface area (TPSA) is 88.2 Å². The van der Waals surface area contributed by atoms with E-state index in [-0.39, 0.29) is 11.7 Å². The first-order chi connectivity index (χ1) is 9.10. The first-order valence-corrected chi connectivity index (χ1v) is 7.25. The molecule has 106 valence electrons. The van der Waals surface area contributed by atoms with Gasteiger partial charge in [0.05, 0.1) is 6.61 Å². The third-order valence-electron chi connectivity index (χ3n) is 2.43. The van der Waals surface area contributed by atoms with Gasteiger partial charge in [-0.1, -0.05) is 5.16 Å². The number of rotatable bonds is 7. The lowest BCUT2D eigenvalue weighted by Crippen LogP contribution is -2.36. The monoisotopic (exact) mass is 349 g/mol. The van der Waals surface area contributed by atoms with Gasteiger partial charge < -0.3 is 20.6 Å². The van der Waals surface area contributed by atoms with Gasteiger partial charge in [0.1, 0.15) is 10.7 Å². The Labute approximate surface area is 124 Å². The quantitative estimate of drug-likeness (QED) is 0.339. The van der Waals surface area contributed by atoms with Gasteiger partial charge in [-0.25, -0.2) is 0 Å². The minimum atomic E-state index is -0.0929. The van der Waals surface area contributed by atoms with E-state index < -0.39 is 0 Å². The van der Waals surface area contributed by atoms with Gasteiger partial charge in [0.25, 0.3) is 5.91 Å². The molecule has 0 bridgehead atoms. The standard InChI is InChI=1S/C11H16BrN3O3S/c1-18-6-5-15(4-2-9(13)14-17)11(16)10-8(12)3-7-19-10/h3,7,17H,2,4-6H2,1H3,(H2,13,14). The smallest absolute Gasteiger partial charge is 0.265 e. The van der Waals surface area contributed by atoms with E-state index in [4.69, 9.17) is 15.7 Å². The van der Waals surface area contributed by atoms with Crippen molar-refractivity contribution in [2.75, 3.05) is 26.8 Å². The molecule has 1 rings (SSSR count). The van der Waals surface area contributed by atoms with Crippen LogP contribution in [0.15, 0.2) is 21.1 Å².